The summed E-state index contributed by atoms with van der Waals surface area (Å²) in [5, 5.41) is 3.21. The summed E-state index contributed by atoms with van der Waals surface area (Å²) in [6.07, 6.45) is 2.49. The topological polar surface area (TPSA) is 56.3 Å². The van der Waals surface area contributed by atoms with E-state index in [2.05, 4.69) is 38.1 Å². The molecule has 1 aromatic carbocycles. The fourth-order valence-corrected chi connectivity index (χ4v) is 1.99. The van der Waals surface area contributed by atoms with Gasteiger partial charge in [-0.05, 0) is 34.5 Å². The lowest BCUT2D eigenvalue weighted by Crippen LogP contribution is -2.04. The first kappa shape index (κ1) is 14.6. The Labute approximate surface area is 126 Å². The Kier molecular flexibility index (Phi) is 5.17. The van der Waals surface area contributed by atoms with E-state index >= 15 is 0 Å². The molecule has 0 amide bonds. The highest BCUT2D eigenvalue weighted by Gasteiger charge is 2.10. The number of hydrogen-bond acceptors (Lipinski definition) is 5. The van der Waals surface area contributed by atoms with Gasteiger partial charge in [0.1, 0.15) is 28.1 Å². The molecule has 0 spiro atoms. The van der Waals surface area contributed by atoms with Crippen LogP contribution in [0.2, 0.25) is 0 Å². The largest absolute Gasteiger partial charge is 0.497 e. The van der Waals surface area contributed by atoms with Crippen LogP contribution >= 0.6 is 15.9 Å². The summed E-state index contributed by atoms with van der Waals surface area (Å²) < 4.78 is 11.6. The number of hydrogen-bond donors (Lipinski definition) is 1. The predicted octanol–water partition coefficient (Wildman–Crippen LogP) is 3.86. The number of ether oxygens (including phenoxy) is 2. The Morgan fingerprint density at radius 1 is 1.25 bits per heavy atom. The van der Waals surface area contributed by atoms with E-state index in [1.807, 2.05) is 18.2 Å². The van der Waals surface area contributed by atoms with Gasteiger partial charge < -0.3 is 14.8 Å². The molecule has 1 heterocycles. The zero-order valence-electron chi connectivity index (χ0n) is 11.4. The number of anilines is 1. The second-order valence-corrected chi connectivity index (χ2v) is 4.84. The van der Waals surface area contributed by atoms with Gasteiger partial charge in [0.25, 0.3) is 0 Å². The Bertz CT molecular complexity index is 578. The van der Waals surface area contributed by atoms with Gasteiger partial charge in [-0.25, -0.2) is 9.97 Å². The average molecular weight is 338 g/mol. The van der Waals surface area contributed by atoms with Crippen LogP contribution in [0.15, 0.2) is 35.1 Å². The second-order valence-electron chi connectivity index (χ2n) is 4.05. The molecule has 6 heteroatoms. The monoisotopic (exact) mass is 337 g/mol. The molecule has 1 aromatic heterocycles. The molecule has 0 saturated heterocycles. The maximum atomic E-state index is 5.75. The van der Waals surface area contributed by atoms with Gasteiger partial charge in [0.05, 0.1) is 7.11 Å². The van der Waals surface area contributed by atoms with Gasteiger partial charge in [-0.1, -0.05) is 13.0 Å². The highest BCUT2D eigenvalue weighted by Crippen LogP contribution is 2.32. The smallest absolute Gasteiger partial charge is 0.238 e. The molecule has 0 fully saturated rings. The van der Waals surface area contributed by atoms with Gasteiger partial charge in [0, 0.05) is 12.6 Å². The van der Waals surface area contributed by atoms with Crippen LogP contribution in [-0.4, -0.2) is 23.6 Å². The molecule has 0 atom stereocenters. The first-order valence-corrected chi connectivity index (χ1v) is 7.10. The summed E-state index contributed by atoms with van der Waals surface area (Å²) >= 11 is 3.46. The van der Waals surface area contributed by atoms with Gasteiger partial charge in [0.15, 0.2) is 0 Å². The van der Waals surface area contributed by atoms with Crippen molar-refractivity contribution in [3.63, 3.8) is 0 Å². The molecule has 0 unspecified atom stereocenters. The zero-order valence-corrected chi connectivity index (χ0v) is 13.0. The highest BCUT2D eigenvalue weighted by atomic mass is 79.9. The lowest BCUT2D eigenvalue weighted by Gasteiger charge is -2.11. The Balaban J connectivity index is 2.20. The number of rotatable bonds is 6. The van der Waals surface area contributed by atoms with Crippen LogP contribution in [0.4, 0.5) is 5.82 Å². The van der Waals surface area contributed by atoms with E-state index in [1.54, 1.807) is 13.2 Å². The van der Waals surface area contributed by atoms with Crippen molar-refractivity contribution >= 4 is 21.7 Å². The number of nitrogens with one attached hydrogen (secondary N) is 1. The summed E-state index contributed by atoms with van der Waals surface area (Å²) in [4.78, 5) is 8.31. The van der Waals surface area contributed by atoms with Crippen molar-refractivity contribution in [1.29, 1.82) is 0 Å². The van der Waals surface area contributed by atoms with Crippen LogP contribution in [0.1, 0.15) is 13.3 Å². The number of aromatic nitrogens is 2. The predicted molar refractivity (Wildman–Crippen MR) is 81.6 cm³/mol. The third-order valence-electron chi connectivity index (χ3n) is 2.56. The lowest BCUT2D eigenvalue weighted by molar-refractivity contribution is 0.407. The Morgan fingerprint density at radius 2 is 2.05 bits per heavy atom. The van der Waals surface area contributed by atoms with Crippen LogP contribution < -0.4 is 14.8 Å². The summed E-state index contributed by atoms with van der Waals surface area (Å²) in [5.74, 6) is 2.58. The Hall–Kier alpha value is -1.82. The molecule has 0 saturated carbocycles. The normalized spacial score (nSPS) is 10.2. The third kappa shape index (κ3) is 3.60. The maximum absolute atomic E-state index is 5.75. The molecule has 2 rings (SSSR count). The minimum Gasteiger partial charge on any atom is -0.497 e. The molecule has 0 aliphatic carbocycles. The number of benzene rings is 1. The van der Waals surface area contributed by atoms with Crippen molar-refractivity contribution in [2.45, 2.75) is 13.3 Å². The molecule has 0 aliphatic heterocycles. The van der Waals surface area contributed by atoms with Crippen molar-refractivity contribution in [3.8, 4) is 17.4 Å². The van der Waals surface area contributed by atoms with Crippen LogP contribution in [0.25, 0.3) is 0 Å². The number of methoxy groups -OCH3 is 1. The third-order valence-corrected chi connectivity index (χ3v) is 3.27. The van der Waals surface area contributed by atoms with E-state index in [0.29, 0.717) is 16.1 Å². The van der Waals surface area contributed by atoms with E-state index in [0.717, 1.165) is 24.5 Å². The molecule has 2 aromatic rings. The van der Waals surface area contributed by atoms with Crippen LogP contribution in [0.3, 0.4) is 0 Å². The summed E-state index contributed by atoms with van der Waals surface area (Å²) in [6, 6.07) is 7.36. The van der Waals surface area contributed by atoms with Gasteiger partial charge in [-0.15, -0.1) is 0 Å². The fourth-order valence-electron chi connectivity index (χ4n) is 1.57. The van der Waals surface area contributed by atoms with Gasteiger partial charge in [-0.2, -0.15) is 0 Å². The quantitative estimate of drug-likeness (QED) is 0.867. The zero-order chi connectivity index (χ0) is 14.4. The molecule has 0 bridgehead atoms. The molecule has 106 valence electrons. The lowest BCUT2D eigenvalue weighted by atomic mass is 10.3. The molecule has 5 nitrogen and oxygen atoms in total. The fraction of sp³-hybridized carbons (Fsp3) is 0.286. The number of halogens is 1. The molecular formula is C14H16BrN3O2. The van der Waals surface area contributed by atoms with Gasteiger partial charge in [-0.3, -0.25) is 0 Å². The van der Waals surface area contributed by atoms with E-state index < -0.39 is 0 Å². The minimum atomic E-state index is 0.465. The van der Waals surface area contributed by atoms with E-state index in [9.17, 15) is 0 Å². The van der Waals surface area contributed by atoms with Crippen molar-refractivity contribution in [3.05, 3.63) is 35.1 Å². The van der Waals surface area contributed by atoms with E-state index in [1.165, 1.54) is 6.33 Å². The first-order valence-electron chi connectivity index (χ1n) is 6.31. The van der Waals surface area contributed by atoms with E-state index in [-0.39, 0.29) is 0 Å². The average Bonchev–Trinajstić information content (AvgIpc) is 2.48. The summed E-state index contributed by atoms with van der Waals surface area (Å²) in [7, 11) is 1.62. The maximum Gasteiger partial charge on any atom is 0.238 e. The van der Waals surface area contributed by atoms with Crippen molar-refractivity contribution in [2.75, 3.05) is 19.0 Å². The summed E-state index contributed by atoms with van der Waals surface area (Å²) in [5.41, 5.74) is 0. The van der Waals surface area contributed by atoms with Gasteiger partial charge >= 0.3 is 0 Å². The van der Waals surface area contributed by atoms with Crippen LogP contribution in [0.5, 0.6) is 17.4 Å². The standard InChI is InChI=1S/C14H16BrN3O2/c1-3-7-16-13-12(15)14(18-9-17-13)20-11-6-4-5-10(8-11)19-2/h4-6,8-9H,3,7H2,1-2H3,(H,16,17,18). The van der Waals surface area contributed by atoms with Crippen LogP contribution in [-0.2, 0) is 0 Å². The minimum absolute atomic E-state index is 0.465. The van der Waals surface area contributed by atoms with Gasteiger partial charge in [0.2, 0.25) is 5.88 Å². The molecule has 1 N–H and O–H groups in total. The van der Waals surface area contributed by atoms with Crippen molar-refractivity contribution in [2.24, 2.45) is 0 Å². The van der Waals surface area contributed by atoms with Crippen molar-refractivity contribution in [1.82, 2.24) is 9.97 Å². The summed E-state index contributed by atoms with van der Waals surface area (Å²) in [6.45, 7) is 2.93. The van der Waals surface area contributed by atoms with E-state index in [4.69, 9.17) is 9.47 Å². The highest BCUT2D eigenvalue weighted by molar-refractivity contribution is 9.10. The molecular weight excluding hydrogens is 322 g/mol. The SMILES string of the molecule is CCCNc1ncnc(Oc2cccc(OC)c2)c1Br. The molecule has 0 radical (unpaired) electrons. The van der Waals surface area contributed by atoms with Crippen molar-refractivity contribution < 1.29 is 9.47 Å². The van der Waals surface area contributed by atoms with Crippen LogP contribution in [0, 0.1) is 0 Å². The Morgan fingerprint density at radius 3 is 2.80 bits per heavy atom. The second kappa shape index (κ2) is 7.09. The molecule has 0 aliphatic rings. The number of nitrogens with zero attached hydrogens (tertiary/aromatic N) is 2. The molecule has 20 heavy (non-hydrogen) atoms. The first-order chi connectivity index (χ1) is 9.74.